The van der Waals surface area contributed by atoms with Gasteiger partial charge in [0.2, 0.25) is 5.91 Å². The molecule has 1 aliphatic heterocycles. The van der Waals surface area contributed by atoms with E-state index in [1.165, 1.54) is 11.3 Å². The van der Waals surface area contributed by atoms with Gasteiger partial charge in [-0.15, -0.1) is 11.3 Å². The van der Waals surface area contributed by atoms with E-state index in [9.17, 15) is 9.90 Å². The normalized spacial score (nSPS) is 24.2. The lowest BCUT2D eigenvalue weighted by molar-refractivity contribution is -0.117. The highest BCUT2D eigenvalue weighted by molar-refractivity contribution is 7.15. The standard InChI is InChI=1S/C11H17N3O2S/c1-6(2)9-5-13-11(17-9)14-10(16)8-3-7(15)4-12-8/h5-8,12,15H,3-4H2,1-2H3,(H,13,14,16). The van der Waals surface area contributed by atoms with Crippen molar-refractivity contribution < 1.29 is 9.90 Å². The lowest BCUT2D eigenvalue weighted by atomic mass is 10.2. The van der Waals surface area contributed by atoms with E-state index in [-0.39, 0.29) is 11.9 Å². The van der Waals surface area contributed by atoms with Crippen molar-refractivity contribution in [3.05, 3.63) is 11.1 Å². The highest BCUT2D eigenvalue weighted by atomic mass is 32.1. The lowest BCUT2D eigenvalue weighted by Gasteiger charge is -2.08. The summed E-state index contributed by atoms with van der Waals surface area (Å²) in [4.78, 5) is 17.1. The van der Waals surface area contributed by atoms with Crippen molar-refractivity contribution in [3.8, 4) is 0 Å². The topological polar surface area (TPSA) is 74.2 Å². The first-order valence-corrected chi connectivity index (χ1v) is 6.56. The zero-order valence-corrected chi connectivity index (χ0v) is 10.8. The quantitative estimate of drug-likeness (QED) is 0.751. The molecule has 1 amide bonds. The fourth-order valence-electron chi connectivity index (χ4n) is 1.72. The number of aromatic nitrogens is 1. The number of nitrogens with one attached hydrogen (secondary N) is 2. The third-order valence-electron chi connectivity index (χ3n) is 2.75. The number of amides is 1. The minimum Gasteiger partial charge on any atom is -0.392 e. The number of carbonyl (C=O) groups is 1. The average Bonchev–Trinajstić information content (AvgIpc) is 2.86. The maximum atomic E-state index is 11.8. The van der Waals surface area contributed by atoms with E-state index in [2.05, 4.69) is 29.5 Å². The van der Waals surface area contributed by atoms with Gasteiger partial charge in [0.25, 0.3) is 0 Å². The average molecular weight is 255 g/mol. The fourth-order valence-corrected chi connectivity index (χ4v) is 2.54. The van der Waals surface area contributed by atoms with Crippen LogP contribution in [0.5, 0.6) is 0 Å². The molecule has 1 fully saturated rings. The van der Waals surface area contributed by atoms with Crippen LogP contribution in [0.3, 0.4) is 0 Å². The Bertz CT molecular complexity index is 405. The molecular weight excluding hydrogens is 238 g/mol. The Kier molecular flexibility index (Phi) is 3.76. The minimum atomic E-state index is -0.423. The van der Waals surface area contributed by atoms with Gasteiger partial charge in [-0.05, 0) is 12.3 Å². The first kappa shape index (κ1) is 12.5. The molecule has 0 bridgehead atoms. The number of thiazole rings is 1. The predicted molar refractivity (Wildman–Crippen MR) is 67.2 cm³/mol. The minimum absolute atomic E-state index is 0.119. The van der Waals surface area contributed by atoms with Gasteiger partial charge in [0.1, 0.15) is 0 Å². The second-order valence-corrected chi connectivity index (χ2v) is 5.62. The Labute approximate surface area is 104 Å². The van der Waals surface area contributed by atoms with E-state index < -0.39 is 6.10 Å². The summed E-state index contributed by atoms with van der Waals surface area (Å²) >= 11 is 1.50. The molecule has 0 saturated carbocycles. The van der Waals surface area contributed by atoms with Gasteiger partial charge in [0.05, 0.1) is 12.1 Å². The van der Waals surface area contributed by atoms with E-state index >= 15 is 0 Å². The van der Waals surface area contributed by atoms with Gasteiger partial charge in [0.15, 0.2) is 5.13 Å². The van der Waals surface area contributed by atoms with Crippen LogP contribution in [0.1, 0.15) is 31.1 Å². The summed E-state index contributed by atoms with van der Waals surface area (Å²) in [6.07, 6.45) is 1.84. The number of hydrogen-bond acceptors (Lipinski definition) is 5. The smallest absolute Gasteiger partial charge is 0.243 e. The van der Waals surface area contributed by atoms with E-state index in [1.54, 1.807) is 6.20 Å². The number of anilines is 1. The van der Waals surface area contributed by atoms with E-state index in [4.69, 9.17) is 0 Å². The zero-order valence-electron chi connectivity index (χ0n) is 9.93. The van der Waals surface area contributed by atoms with E-state index in [0.717, 1.165) is 4.88 Å². The Morgan fingerprint density at radius 2 is 2.47 bits per heavy atom. The second-order valence-electron chi connectivity index (χ2n) is 4.56. The first-order valence-electron chi connectivity index (χ1n) is 5.74. The van der Waals surface area contributed by atoms with Crippen LogP contribution in [0.2, 0.25) is 0 Å². The van der Waals surface area contributed by atoms with Crippen LogP contribution in [-0.4, -0.2) is 34.7 Å². The Balaban J connectivity index is 1.93. The summed E-state index contributed by atoms with van der Waals surface area (Å²) in [6.45, 7) is 4.66. The second kappa shape index (κ2) is 5.12. The Morgan fingerprint density at radius 1 is 1.71 bits per heavy atom. The van der Waals surface area contributed by atoms with Crippen molar-refractivity contribution in [2.45, 2.75) is 38.3 Å². The number of hydrogen-bond donors (Lipinski definition) is 3. The van der Waals surface area contributed by atoms with Crippen molar-refractivity contribution in [3.63, 3.8) is 0 Å². The van der Waals surface area contributed by atoms with Crippen LogP contribution in [-0.2, 0) is 4.79 Å². The molecular formula is C11H17N3O2S. The van der Waals surface area contributed by atoms with Crippen LogP contribution in [0.15, 0.2) is 6.20 Å². The van der Waals surface area contributed by atoms with Gasteiger partial charge in [-0.1, -0.05) is 13.8 Å². The SMILES string of the molecule is CC(C)c1cnc(NC(=O)C2CC(O)CN2)s1. The van der Waals surface area contributed by atoms with Gasteiger partial charge in [-0.3, -0.25) is 4.79 Å². The summed E-state index contributed by atoms with van der Waals surface area (Å²) in [5.41, 5.74) is 0. The summed E-state index contributed by atoms with van der Waals surface area (Å²) in [5.74, 6) is 0.302. The molecule has 1 saturated heterocycles. The van der Waals surface area contributed by atoms with Gasteiger partial charge in [-0.2, -0.15) is 0 Å². The molecule has 0 aromatic carbocycles. The molecule has 2 unspecified atom stereocenters. The molecule has 2 rings (SSSR count). The van der Waals surface area contributed by atoms with Gasteiger partial charge < -0.3 is 15.7 Å². The maximum Gasteiger partial charge on any atom is 0.243 e. The van der Waals surface area contributed by atoms with Crippen molar-refractivity contribution in [2.24, 2.45) is 0 Å². The van der Waals surface area contributed by atoms with Crippen LogP contribution in [0.25, 0.3) is 0 Å². The molecule has 6 heteroatoms. The summed E-state index contributed by atoms with van der Waals surface area (Å²) in [6, 6.07) is -0.309. The summed E-state index contributed by atoms with van der Waals surface area (Å²) in [5, 5.41) is 15.7. The molecule has 0 radical (unpaired) electrons. The molecule has 5 nitrogen and oxygen atoms in total. The number of rotatable bonds is 3. The predicted octanol–water partition coefficient (Wildman–Crippen LogP) is 0.928. The van der Waals surface area contributed by atoms with Crippen molar-refractivity contribution >= 4 is 22.4 Å². The summed E-state index contributed by atoms with van der Waals surface area (Å²) in [7, 11) is 0. The number of aliphatic hydroxyl groups is 1. The monoisotopic (exact) mass is 255 g/mol. The van der Waals surface area contributed by atoms with E-state index in [1.807, 2.05) is 0 Å². The number of carbonyl (C=O) groups excluding carboxylic acids is 1. The highest BCUT2D eigenvalue weighted by Crippen LogP contribution is 2.25. The van der Waals surface area contributed by atoms with Gasteiger partial charge in [0, 0.05) is 17.6 Å². The molecule has 1 aromatic rings. The molecule has 94 valence electrons. The van der Waals surface area contributed by atoms with Crippen LogP contribution < -0.4 is 10.6 Å². The number of nitrogens with zero attached hydrogens (tertiary/aromatic N) is 1. The molecule has 2 atom stereocenters. The van der Waals surface area contributed by atoms with Gasteiger partial charge >= 0.3 is 0 Å². The van der Waals surface area contributed by atoms with Crippen LogP contribution in [0, 0.1) is 0 Å². The van der Waals surface area contributed by atoms with Crippen molar-refractivity contribution in [2.75, 3.05) is 11.9 Å². The molecule has 3 N–H and O–H groups in total. The highest BCUT2D eigenvalue weighted by Gasteiger charge is 2.28. The number of β-amino-alcohol motifs (C(OH)–C–C–N with tert-alkyl or cyclic N) is 1. The molecule has 2 heterocycles. The first-order chi connectivity index (χ1) is 8.06. The van der Waals surface area contributed by atoms with Crippen molar-refractivity contribution in [1.82, 2.24) is 10.3 Å². The fraction of sp³-hybridized carbons (Fsp3) is 0.636. The largest absolute Gasteiger partial charge is 0.392 e. The molecule has 1 aliphatic rings. The van der Waals surface area contributed by atoms with Crippen LogP contribution in [0.4, 0.5) is 5.13 Å². The molecule has 1 aromatic heterocycles. The van der Waals surface area contributed by atoms with Crippen molar-refractivity contribution in [1.29, 1.82) is 0 Å². The molecule has 0 aliphatic carbocycles. The third kappa shape index (κ3) is 3.02. The zero-order chi connectivity index (χ0) is 12.4. The Morgan fingerprint density at radius 3 is 3.00 bits per heavy atom. The lowest BCUT2D eigenvalue weighted by Crippen LogP contribution is -2.35. The third-order valence-corrected chi connectivity index (χ3v) is 3.96. The molecule has 0 spiro atoms. The van der Waals surface area contributed by atoms with E-state index in [0.29, 0.717) is 24.0 Å². The maximum absolute atomic E-state index is 11.8. The Hall–Kier alpha value is -0.980. The van der Waals surface area contributed by atoms with Crippen LogP contribution >= 0.6 is 11.3 Å². The van der Waals surface area contributed by atoms with Gasteiger partial charge in [-0.25, -0.2) is 4.98 Å². The summed E-state index contributed by atoms with van der Waals surface area (Å²) < 4.78 is 0. The number of aliphatic hydroxyl groups excluding tert-OH is 1. The molecule has 17 heavy (non-hydrogen) atoms.